The Hall–Kier alpha value is -2.51. The van der Waals surface area contributed by atoms with E-state index < -0.39 is 5.41 Å². The number of Topliss-reactive ketones (excluding diaryl/α,β-unsaturated/α-hetero) is 1. The van der Waals surface area contributed by atoms with Gasteiger partial charge in [0.15, 0.2) is 5.78 Å². The lowest BCUT2D eigenvalue weighted by atomic mass is 9.78. The van der Waals surface area contributed by atoms with Gasteiger partial charge in [0.05, 0.1) is 13.2 Å². The molecule has 0 saturated heterocycles. The van der Waals surface area contributed by atoms with Crippen LogP contribution in [0.3, 0.4) is 0 Å². The monoisotopic (exact) mass is 487 g/mol. The minimum absolute atomic E-state index is 0.0307. The van der Waals surface area contributed by atoms with Gasteiger partial charge in [-0.3, -0.25) is 14.4 Å². The molecule has 7 heteroatoms. The molecule has 1 aliphatic rings. The molecule has 1 aromatic rings. The van der Waals surface area contributed by atoms with Crippen LogP contribution in [0, 0.1) is 5.41 Å². The first-order chi connectivity index (χ1) is 16.9. The number of nitrogens with zero attached hydrogens (tertiary/aromatic N) is 1. The van der Waals surface area contributed by atoms with Crippen molar-refractivity contribution in [2.45, 2.75) is 57.8 Å². The highest BCUT2D eigenvalue weighted by atomic mass is 16.6. The molecule has 0 aliphatic heterocycles. The third-order valence-electron chi connectivity index (χ3n) is 6.20. The van der Waals surface area contributed by atoms with E-state index in [1.165, 1.54) is 0 Å². The van der Waals surface area contributed by atoms with Crippen molar-refractivity contribution in [3.05, 3.63) is 48.0 Å². The van der Waals surface area contributed by atoms with E-state index in [1.54, 1.807) is 12.1 Å². The summed E-state index contributed by atoms with van der Waals surface area (Å²) in [5, 5.41) is 0. The van der Waals surface area contributed by atoms with E-state index in [4.69, 9.17) is 14.2 Å². The van der Waals surface area contributed by atoms with Gasteiger partial charge >= 0.3 is 11.9 Å². The summed E-state index contributed by atoms with van der Waals surface area (Å²) in [4.78, 5) is 39.7. The molecular formula is C28H41NO6. The zero-order valence-corrected chi connectivity index (χ0v) is 21.3. The zero-order valence-electron chi connectivity index (χ0n) is 21.3. The number of unbranched alkanes of at least 4 members (excludes halogenated alkanes) is 1. The fraction of sp³-hybridized carbons (Fsp3) is 0.607. The van der Waals surface area contributed by atoms with Crippen LogP contribution in [-0.4, -0.2) is 69.7 Å². The summed E-state index contributed by atoms with van der Waals surface area (Å²) in [5.41, 5.74) is -0.134. The first-order valence-corrected chi connectivity index (χ1v) is 12.7. The van der Waals surface area contributed by atoms with Gasteiger partial charge in [0.25, 0.3) is 0 Å². The van der Waals surface area contributed by atoms with Crippen LogP contribution in [0.15, 0.2) is 42.5 Å². The quantitative estimate of drug-likeness (QED) is 0.155. The summed E-state index contributed by atoms with van der Waals surface area (Å²) in [7, 11) is 3.95. The SMILES string of the molecule is CN(C)CCOCCOC(=O)C1(COC(=O)CCCCC(=O)c2ccccc2)CC/C=C/CCC1. The van der Waals surface area contributed by atoms with Crippen LogP contribution in [0.5, 0.6) is 0 Å². The summed E-state index contributed by atoms with van der Waals surface area (Å²) in [6.45, 7) is 1.95. The number of ether oxygens (including phenoxy) is 3. The average Bonchev–Trinajstić information content (AvgIpc) is 2.83. The summed E-state index contributed by atoms with van der Waals surface area (Å²) in [5.74, 6) is -0.576. The number of ketones is 1. The number of rotatable bonds is 15. The zero-order chi connectivity index (χ0) is 25.4. The van der Waals surface area contributed by atoms with Crippen molar-refractivity contribution in [2.75, 3.05) is 47.1 Å². The second kappa shape index (κ2) is 16.2. The van der Waals surface area contributed by atoms with Crippen molar-refractivity contribution in [1.82, 2.24) is 4.90 Å². The highest BCUT2D eigenvalue weighted by molar-refractivity contribution is 5.95. The predicted molar refractivity (Wildman–Crippen MR) is 135 cm³/mol. The lowest BCUT2D eigenvalue weighted by Crippen LogP contribution is -2.39. The van der Waals surface area contributed by atoms with Gasteiger partial charge in [0.2, 0.25) is 0 Å². The van der Waals surface area contributed by atoms with Crippen LogP contribution in [0.1, 0.15) is 68.1 Å². The third kappa shape index (κ3) is 11.2. The lowest BCUT2D eigenvalue weighted by molar-refractivity contribution is -0.167. The molecule has 1 atom stereocenters. The summed E-state index contributed by atoms with van der Waals surface area (Å²) in [6, 6.07) is 9.16. The van der Waals surface area contributed by atoms with Crippen molar-refractivity contribution in [1.29, 1.82) is 0 Å². The van der Waals surface area contributed by atoms with Crippen LogP contribution >= 0.6 is 0 Å². The number of hydrogen-bond acceptors (Lipinski definition) is 7. The van der Waals surface area contributed by atoms with E-state index in [0.717, 1.165) is 25.8 Å². The minimum atomic E-state index is -0.826. The van der Waals surface area contributed by atoms with Gasteiger partial charge in [-0.15, -0.1) is 0 Å². The van der Waals surface area contributed by atoms with Gasteiger partial charge in [-0.1, -0.05) is 42.5 Å². The molecule has 0 N–H and O–H groups in total. The van der Waals surface area contributed by atoms with Crippen LogP contribution in [0.2, 0.25) is 0 Å². The van der Waals surface area contributed by atoms with Crippen molar-refractivity contribution < 1.29 is 28.6 Å². The standard InChI is InChI=1S/C28H41NO6/c1-29(2)19-20-33-21-22-34-27(32)28(17-11-4-3-5-12-18-28)23-35-26(31)16-10-9-15-25(30)24-13-7-6-8-14-24/h3-4,6-8,13-14H,5,9-12,15-23H2,1-2H3/b4-3+. The molecular weight excluding hydrogens is 446 g/mol. The van der Waals surface area contributed by atoms with Crippen molar-refractivity contribution in [2.24, 2.45) is 5.41 Å². The molecule has 194 valence electrons. The molecule has 1 aliphatic carbocycles. The van der Waals surface area contributed by atoms with Gasteiger partial charge in [-0.05, 0) is 59.0 Å². The number of likely N-dealkylation sites (N-methyl/N-ethyl adjacent to an activating group) is 1. The van der Waals surface area contributed by atoms with Gasteiger partial charge < -0.3 is 19.1 Å². The van der Waals surface area contributed by atoms with Crippen molar-refractivity contribution >= 4 is 17.7 Å². The van der Waals surface area contributed by atoms with Gasteiger partial charge in [-0.2, -0.15) is 0 Å². The van der Waals surface area contributed by atoms with Crippen molar-refractivity contribution in [3.63, 3.8) is 0 Å². The molecule has 0 aromatic heterocycles. The van der Waals surface area contributed by atoms with E-state index in [9.17, 15) is 14.4 Å². The van der Waals surface area contributed by atoms with Crippen molar-refractivity contribution in [3.8, 4) is 0 Å². The Kier molecular flexibility index (Phi) is 13.3. The highest BCUT2D eigenvalue weighted by Gasteiger charge is 2.40. The molecule has 35 heavy (non-hydrogen) atoms. The van der Waals surface area contributed by atoms with Gasteiger partial charge in [0.1, 0.15) is 18.6 Å². The first-order valence-electron chi connectivity index (χ1n) is 12.7. The van der Waals surface area contributed by atoms with Crippen LogP contribution in [0.25, 0.3) is 0 Å². The molecule has 0 spiro atoms. The number of esters is 2. The maximum absolute atomic E-state index is 13.1. The second-order valence-electron chi connectivity index (χ2n) is 9.39. The van der Waals surface area contributed by atoms with E-state index in [2.05, 4.69) is 12.2 Å². The van der Waals surface area contributed by atoms with Crippen LogP contribution in [0.4, 0.5) is 0 Å². The fourth-order valence-corrected chi connectivity index (χ4v) is 4.00. The Morgan fingerprint density at radius 2 is 1.63 bits per heavy atom. The number of allylic oxidation sites excluding steroid dienone is 2. The largest absolute Gasteiger partial charge is 0.464 e. The molecule has 0 amide bonds. The normalized spacial score (nSPS) is 18.9. The molecule has 0 heterocycles. The molecule has 0 saturated carbocycles. The highest BCUT2D eigenvalue weighted by Crippen LogP contribution is 2.34. The minimum Gasteiger partial charge on any atom is -0.464 e. The number of hydrogen-bond donors (Lipinski definition) is 0. The molecule has 0 bridgehead atoms. The lowest BCUT2D eigenvalue weighted by Gasteiger charge is -2.31. The summed E-state index contributed by atoms with van der Waals surface area (Å²) < 4.78 is 16.7. The van der Waals surface area contributed by atoms with Crippen LogP contribution in [-0.2, 0) is 23.8 Å². The maximum Gasteiger partial charge on any atom is 0.315 e. The predicted octanol–water partition coefficient (Wildman–Crippen LogP) is 4.60. The number of carbonyl (C=O) groups is 3. The van der Waals surface area contributed by atoms with E-state index in [-0.39, 0.29) is 37.4 Å². The third-order valence-corrected chi connectivity index (χ3v) is 6.20. The van der Waals surface area contributed by atoms with Gasteiger partial charge in [0, 0.05) is 24.9 Å². The Morgan fingerprint density at radius 3 is 2.40 bits per heavy atom. The van der Waals surface area contributed by atoms with Gasteiger partial charge in [-0.25, -0.2) is 0 Å². The molecule has 0 radical (unpaired) electrons. The molecule has 1 unspecified atom stereocenters. The molecule has 1 aromatic carbocycles. The van der Waals surface area contributed by atoms with E-state index in [0.29, 0.717) is 50.9 Å². The van der Waals surface area contributed by atoms with E-state index in [1.807, 2.05) is 37.2 Å². The maximum atomic E-state index is 13.1. The Morgan fingerprint density at radius 1 is 0.886 bits per heavy atom. The Bertz CT molecular complexity index is 807. The van der Waals surface area contributed by atoms with E-state index >= 15 is 0 Å². The number of carbonyl (C=O) groups excluding carboxylic acids is 3. The second-order valence-corrected chi connectivity index (χ2v) is 9.39. The van der Waals surface area contributed by atoms with Crippen LogP contribution < -0.4 is 0 Å². The summed E-state index contributed by atoms with van der Waals surface area (Å²) >= 11 is 0. The fourth-order valence-electron chi connectivity index (χ4n) is 4.00. The summed E-state index contributed by atoms with van der Waals surface area (Å²) in [6.07, 6.45) is 9.72. The smallest absolute Gasteiger partial charge is 0.315 e. The molecule has 0 fully saturated rings. The molecule has 2 rings (SSSR count). The number of benzene rings is 1. The Labute approximate surface area is 209 Å². The average molecular weight is 488 g/mol. The first kappa shape index (κ1) is 28.7. The molecule has 7 nitrogen and oxygen atoms in total. The Balaban J connectivity index is 1.77. The topological polar surface area (TPSA) is 82.1 Å².